The first kappa shape index (κ1) is 12.1. The van der Waals surface area contributed by atoms with Crippen LogP contribution in [0.5, 0.6) is 5.75 Å². The van der Waals surface area contributed by atoms with Crippen molar-refractivity contribution in [3.63, 3.8) is 0 Å². The molecule has 17 heavy (non-hydrogen) atoms. The van der Waals surface area contributed by atoms with Gasteiger partial charge in [-0.1, -0.05) is 22.0 Å². The average Bonchev–Trinajstić information content (AvgIpc) is 2.74. The summed E-state index contributed by atoms with van der Waals surface area (Å²) in [6.45, 7) is 0. The Kier molecular flexibility index (Phi) is 3.49. The van der Waals surface area contributed by atoms with Crippen LogP contribution < -0.4 is 10.5 Å². The number of aromatic nitrogens is 2. The second kappa shape index (κ2) is 4.89. The first-order valence-electron chi connectivity index (χ1n) is 5.19. The van der Waals surface area contributed by atoms with E-state index < -0.39 is 0 Å². The maximum Gasteiger partial charge on any atom is 0.130 e. The lowest BCUT2D eigenvalue weighted by molar-refractivity contribution is 0.406. The molecule has 0 saturated heterocycles. The van der Waals surface area contributed by atoms with Gasteiger partial charge in [0.15, 0.2) is 0 Å². The standard InChI is InChI=1S/C12H14BrN3O/c1-16-6-5-15-12(16)11(14)9-4-3-8(13)7-10(9)17-2/h3-7,11H,14H2,1-2H3. The van der Waals surface area contributed by atoms with Crippen molar-refractivity contribution in [1.29, 1.82) is 0 Å². The van der Waals surface area contributed by atoms with Crippen LogP contribution in [0.15, 0.2) is 35.1 Å². The van der Waals surface area contributed by atoms with Crippen LogP contribution in [-0.4, -0.2) is 16.7 Å². The summed E-state index contributed by atoms with van der Waals surface area (Å²) < 4.78 is 8.21. The zero-order valence-corrected chi connectivity index (χ0v) is 11.3. The number of aryl methyl sites for hydroxylation is 1. The Hall–Kier alpha value is -1.33. The van der Waals surface area contributed by atoms with E-state index in [9.17, 15) is 0 Å². The molecule has 2 N–H and O–H groups in total. The third-order valence-corrected chi connectivity index (χ3v) is 3.16. The minimum atomic E-state index is -0.293. The van der Waals surface area contributed by atoms with Crippen molar-refractivity contribution in [2.24, 2.45) is 12.8 Å². The predicted molar refractivity (Wildman–Crippen MR) is 69.9 cm³/mol. The lowest BCUT2D eigenvalue weighted by Crippen LogP contribution is -2.17. The van der Waals surface area contributed by atoms with Crippen molar-refractivity contribution in [2.45, 2.75) is 6.04 Å². The molecule has 0 aliphatic heterocycles. The van der Waals surface area contributed by atoms with Crippen LogP contribution in [0.25, 0.3) is 0 Å². The van der Waals surface area contributed by atoms with Gasteiger partial charge in [0.05, 0.1) is 13.2 Å². The van der Waals surface area contributed by atoms with Gasteiger partial charge in [-0.15, -0.1) is 0 Å². The SMILES string of the molecule is COc1cc(Br)ccc1C(N)c1nccn1C. The minimum absolute atomic E-state index is 0.293. The van der Waals surface area contributed by atoms with Crippen LogP contribution in [0.2, 0.25) is 0 Å². The molecule has 1 aromatic carbocycles. The molecule has 1 atom stereocenters. The van der Waals surface area contributed by atoms with Crippen LogP contribution in [0.3, 0.4) is 0 Å². The third kappa shape index (κ3) is 2.35. The summed E-state index contributed by atoms with van der Waals surface area (Å²) in [4.78, 5) is 4.26. The molecule has 0 aliphatic carbocycles. The molecule has 0 fully saturated rings. The molecule has 0 bridgehead atoms. The van der Waals surface area contributed by atoms with Crippen molar-refractivity contribution in [3.05, 3.63) is 46.5 Å². The topological polar surface area (TPSA) is 53.1 Å². The summed E-state index contributed by atoms with van der Waals surface area (Å²) in [6, 6.07) is 5.50. The van der Waals surface area contributed by atoms with E-state index in [1.54, 1.807) is 13.3 Å². The van der Waals surface area contributed by atoms with Gasteiger partial charge in [0.25, 0.3) is 0 Å². The molecule has 0 amide bonds. The number of benzene rings is 1. The van der Waals surface area contributed by atoms with E-state index in [1.807, 2.05) is 36.0 Å². The van der Waals surface area contributed by atoms with Crippen molar-refractivity contribution in [3.8, 4) is 5.75 Å². The highest BCUT2D eigenvalue weighted by Gasteiger charge is 2.17. The second-order valence-electron chi connectivity index (χ2n) is 3.76. The van der Waals surface area contributed by atoms with Gasteiger partial charge in [-0.2, -0.15) is 0 Å². The zero-order chi connectivity index (χ0) is 12.4. The van der Waals surface area contributed by atoms with E-state index in [4.69, 9.17) is 10.5 Å². The first-order chi connectivity index (χ1) is 8.13. The van der Waals surface area contributed by atoms with E-state index in [-0.39, 0.29) is 6.04 Å². The molecular formula is C12H14BrN3O. The Balaban J connectivity index is 2.44. The van der Waals surface area contributed by atoms with Gasteiger partial charge >= 0.3 is 0 Å². The zero-order valence-electron chi connectivity index (χ0n) is 9.72. The maximum atomic E-state index is 6.21. The van der Waals surface area contributed by atoms with Crippen LogP contribution in [-0.2, 0) is 7.05 Å². The monoisotopic (exact) mass is 295 g/mol. The Morgan fingerprint density at radius 1 is 1.47 bits per heavy atom. The Morgan fingerprint density at radius 3 is 2.82 bits per heavy atom. The van der Waals surface area contributed by atoms with E-state index >= 15 is 0 Å². The van der Waals surface area contributed by atoms with E-state index in [0.717, 1.165) is 21.6 Å². The third-order valence-electron chi connectivity index (χ3n) is 2.67. The number of halogens is 1. The summed E-state index contributed by atoms with van der Waals surface area (Å²) in [6.07, 6.45) is 3.61. The number of rotatable bonds is 3. The molecule has 0 aliphatic rings. The predicted octanol–water partition coefficient (Wildman–Crippen LogP) is 2.24. The smallest absolute Gasteiger partial charge is 0.130 e. The summed E-state index contributed by atoms with van der Waals surface area (Å²) >= 11 is 3.41. The molecule has 90 valence electrons. The van der Waals surface area contributed by atoms with E-state index in [0.29, 0.717) is 0 Å². The lowest BCUT2D eigenvalue weighted by Gasteiger charge is -2.15. The maximum absolute atomic E-state index is 6.21. The average molecular weight is 296 g/mol. The van der Waals surface area contributed by atoms with Crippen LogP contribution in [0.4, 0.5) is 0 Å². The van der Waals surface area contributed by atoms with Gasteiger partial charge < -0.3 is 15.0 Å². The molecule has 0 radical (unpaired) electrons. The number of nitrogens with zero attached hydrogens (tertiary/aromatic N) is 2. The normalized spacial score (nSPS) is 12.5. The number of methoxy groups -OCH3 is 1. The quantitative estimate of drug-likeness (QED) is 0.945. The molecule has 1 unspecified atom stereocenters. The fourth-order valence-electron chi connectivity index (χ4n) is 1.76. The molecule has 5 heteroatoms. The molecule has 2 rings (SSSR count). The minimum Gasteiger partial charge on any atom is -0.496 e. The van der Waals surface area contributed by atoms with Crippen molar-refractivity contribution >= 4 is 15.9 Å². The summed E-state index contributed by atoms with van der Waals surface area (Å²) in [7, 11) is 3.56. The number of hydrogen-bond donors (Lipinski definition) is 1. The Bertz CT molecular complexity index is 524. The van der Waals surface area contributed by atoms with Crippen LogP contribution in [0, 0.1) is 0 Å². The highest BCUT2D eigenvalue weighted by molar-refractivity contribution is 9.10. The van der Waals surface area contributed by atoms with Crippen molar-refractivity contribution in [2.75, 3.05) is 7.11 Å². The van der Waals surface area contributed by atoms with E-state index in [1.165, 1.54) is 0 Å². The summed E-state index contributed by atoms with van der Waals surface area (Å²) in [5.74, 6) is 1.57. The van der Waals surface area contributed by atoms with Gasteiger partial charge in [0, 0.05) is 29.5 Å². The lowest BCUT2D eigenvalue weighted by atomic mass is 10.1. The molecule has 4 nitrogen and oxygen atoms in total. The molecule has 2 aromatic rings. The Labute approximate surface area is 109 Å². The first-order valence-corrected chi connectivity index (χ1v) is 5.99. The summed E-state index contributed by atoms with van der Waals surface area (Å²) in [5.41, 5.74) is 7.13. The van der Waals surface area contributed by atoms with Crippen LogP contribution in [0.1, 0.15) is 17.4 Å². The summed E-state index contributed by atoms with van der Waals surface area (Å²) in [5, 5.41) is 0. The van der Waals surface area contributed by atoms with Crippen molar-refractivity contribution in [1.82, 2.24) is 9.55 Å². The number of hydrogen-bond acceptors (Lipinski definition) is 3. The fourth-order valence-corrected chi connectivity index (χ4v) is 2.10. The van der Waals surface area contributed by atoms with Gasteiger partial charge in [-0.05, 0) is 12.1 Å². The highest BCUT2D eigenvalue weighted by atomic mass is 79.9. The van der Waals surface area contributed by atoms with Gasteiger partial charge in [-0.25, -0.2) is 4.98 Å². The van der Waals surface area contributed by atoms with Crippen LogP contribution >= 0.6 is 15.9 Å². The number of imidazole rings is 1. The van der Waals surface area contributed by atoms with Crippen molar-refractivity contribution < 1.29 is 4.74 Å². The number of ether oxygens (including phenoxy) is 1. The Morgan fingerprint density at radius 2 is 2.24 bits per heavy atom. The highest BCUT2D eigenvalue weighted by Crippen LogP contribution is 2.30. The molecule has 1 heterocycles. The van der Waals surface area contributed by atoms with Gasteiger partial charge in [0.1, 0.15) is 11.6 Å². The van der Waals surface area contributed by atoms with Gasteiger partial charge in [-0.3, -0.25) is 0 Å². The second-order valence-corrected chi connectivity index (χ2v) is 4.68. The molecule has 0 saturated carbocycles. The molecule has 1 aromatic heterocycles. The number of nitrogens with two attached hydrogens (primary N) is 1. The van der Waals surface area contributed by atoms with E-state index in [2.05, 4.69) is 20.9 Å². The van der Waals surface area contributed by atoms with Gasteiger partial charge in [0.2, 0.25) is 0 Å². The fraction of sp³-hybridized carbons (Fsp3) is 0.250. The molecule has 0 spiro atoms. The largest absolute Gasteiger partial charge is 0.496 e. The molecular weight excluding hydrogens is 282 g/mol.